The monoisotopic (exact) mass is 502 g/mol. The Balaban J connectivity index is 1.57. The van der Waals surface area contributed by atoms with Gasteiger partial charge in [-0.05, 0) is 68.1 Å². The Bertz CT molecular complexity index is 1420. The molecule has 0 unspecified atom stereocenters. The van der Waals surface area contributed by atoms with Crippen molar-refractivity contribution in [1.82, 2.24) is 24.9 Å². The number of ether oxygens (including phenoxy) is 1. The number of nitrogens with zero attached hydrogens (tertiary/aromatic N) is 6. The van der Waals surface area contributed by atoms with Crippen molar-refractivity contribution >= 4 is 45.4 Å². The minimum Gasteiger partial charge on any atom is -0.497 e. The van der Waals surface area contributed by atoms with Gasteiger partial charge in [-0.3, -0.25) is 9.69 Å². The van der Waals surface area contributed by atoms with E-state index in [1.54, 1.807) is 12.0 Å². The Morgan fingerprint density at radius 2 is 1.86 bits per heavy atom. The fourth-order valence-electron chi connectivity index (χ4n) is 3.60. The quantitative estimate of drug-likeness (QED) is 0.331. The van der Waals surface area contributed by atoms with Crippen molar-refractivity contribution in [3.63, 3.8) is 0 Å². The van der Waals surface area contributed by atoms with E-state index in [1.807, 2.05) is 85.4 Å². The number of hydrogen-bond donors (Lipinski definition) is 0. The van der Waals surface area contributed by atoms with Crippen LogP contribution in [0.5, 0.6) is 5.75 Å². The molecule has 176 valence electrons. The standard InChI is InChI=1S/C25H22N6O2S2/c1-4-30-23(32)21(35-25(30)26-24-28-27-16(2)34-24)14-18-15-31(19-8-6-5-7-9-19)29-22(18)17-10-12-20(33-3)13-11-17/h5-15H,4H2,1-3H3/b21-14-,26-25+. The highest BCUT2D eigenvalue weighted by Crippen LogP contribution is 2.36. The van der Waals surface area contributed by atoms with Gasteiger partial charge < -0.3 is 4.74 Å². The normalized spacial score (nSPS) is 16.0. The SMILES string of the molecule is CCN1C(=O)/C(=C/c2cn(-c3ccccc3)nc2-c2ccc(OC)cc2)S/C1=N/c1nnc(C)s1. The lowest BCUT2D eigenvalue weighted by Crippen LogP contribution is -2.28. The average molecular weight is 503 g/mol. The summed E-state index contributed by atoms with van der Waals surface area (Å²) in [6.45, 7) is 4.31. The lowest BCUT2D eigenvalue weighted by Gasteiger charge is -2.11. The maximum absolute atomic E-state index is 13.2. The Labute approximate surface area is 211 Å². The molecule has 0 radical (unpaired) electrons. The molecule has 3 heterocycles. The van der Waals surface area contributed by atoms with E-state index in [4.69, 9.17) is 9.84 Å². The molecule has 10 heteroatoms. The van der Waals surface area contributed by atoms with Gasteiger partial charge in [0.1, 0.15) is 10.8 Å². The number of amidine groups is 1. The van der Waals surface area contributed by atoms with Gasteiger partial charge in [-0.25, -0.2) is 4.68 Å². The molecule has 0 aliphatic carbocycles. The number of hydrogen-bond acceptors (Lipinski definition) is 8. The zero-order valence-electron chi connectivity index (χ0n) is 19.4. The fourth-order valence-corrected chi connectivity index (χ4v) is 5.26. The number of aliphatic imine (C=N–C) groups is 1. The predicted molar refractivity (Wildman–Crippen MR) is 140 cm³/mol. The van der Waals surface area contributed by atoms with Crippen LogP contribution in [0.4, 0.5) is 5.13 Å². The van der Waals surface area contributed by atoms with Crippen LogP contribution in [0, 0.1) is 6.92 Å². The van der Waals surface area contributed by atoms with Gasteiger partial charge in [0, 0.05) is 23.9 Å². The highest BCUT2D eigenvalue weighted by atomic mass is 32.2. The van der Waals surface area contributed by atoms with Gasteiger partial charge in [0.2, 0.25) is 5.13 Å². The van der Waals surface area contributed by atoms with Crippen LogP contribution < -0.4 is 4.74 Å². The maximum Gasteiger partial charge on any atom is 0.266 e. The van der Waals surface area contributed by atoms with Crippen LogP contribution in [-0.2, 0) is 4.79 Å². The van der Waals surface area contributed by atoms with E-state index in [9.17, 15) is 4.79 Å². The lowest BCUT2D eigenvalue weighted by atomic mass is 10.1. The number of methoxy groups -OCH3 is 1. The Morgan fingerprint density at radius 1 is 1.09 bits per heavy atom. The molecule has 0 bridgehead atoms. The molecule has 0 atom stereocenters. The van der Waals surface area contributed by atoms with Crippen molar-refractivity contribution < 1.29 is 9.53 Å². The molecule has 1 aliphatic heterocycles. The summed E-state index contributed by atoms with van der Waals surface area (Å²) in [5.74, 6) is 0.676. The van der Waals surface area contributed by atoms with Crippen molar-refractivity contribution in [2.24, 2.45) is 4.99 Å². The number of carbonyl (C=O) groups is 1. The van der Waals surface area contributed by atoms with Gasteiger partial charge in [0.05, 0.1) is 23.4 Å². The van der Waals surface area contributed by atoms with Crippen LogP contribution in [-0.4, -0.2) is 49.6 Å². The van der Waals surface area contributed by atoms with Crippen molar-refractivity contribution in [2.75, 3.05) is 13.7 Å². The van der Waals surface area contributed by atoms with Crippen LogP contribution in [0.1, 0.15) is 17.5 Å². The first-order valence-corrected chi connectivity index (χ1v) is 12.6. The molecule has 5 rings (SSSR count). The topological polar surface area (TPSA) is 85.5 Å². The number of rotatable bonds is 6. The summed E-state index contributed by atoms with van der Waals surface area (Å²) in [6, 6.07) is 17.6. The number of aromatic nitrogens is 4. The zero-order valence-corrected chi connectivity index (χ0v) is 21.0. The van der Waals surface area contributed by atoms with Gasteiger partial charge in [0.15, 0.2) is 5.17 Å². The molecule has 0 spiro atoms. The average Bonchev–Trinajstić information content (AvgIpc) is 3.57. The molecule has 0 saturated carbocycles. The third kappa shape index (κ3) is 4.75. The van der Waals surface area contributed by atoms with Crippen molar-refractivity contribution in [2.45, 2.75) is 13.8 Å². The second-order valence-corrected chi connectivity index (χ2v) is 9.77. The molecule has 1 saturated heterocycles. The van der Waals surface area contributed by atoms with Crippen molar-refractivity contribution in [3.05, 3.63) is 76.3 Å². The number of carbonyl (C=O) groups excluding carboxylic acids is 1. The molecule has 1 aliphatic rings. The highest BCUT2D eigenvalue weighted by molar-refractivity contribution is 8.18. The largest absolute Gasteiger partial charge is 0.497 e. The summed E-state index contributed by atoms with van der Waals surface area (Å²) in [4.78, 5) is 20.0. The summed E-state index contributed by atoms with van der Waals surface area (Å²) < 4.78 is 7.13. The molecule has 1 amide bonds. The molecule has 35 heavy (non-hydrogen) atoms. The van der Waals surface area contributed by atoms with E-state index < -0.39 is 0 Å². The van der Waals surface area contributed by atoms with Gasteiger partial charge in [-0.1, -0.05) is 29.5 Å². The molecule has 4 aromatic rings. The van der Waals surface area contributed by atoms with Gasteiger partial charge in [-0.2, -0.15) is 10.1 Å². The van der Waals surface area contributed by atoms with Gasteiger partial charge in [-0.15, -0.1) is 10.2 Å². The summed E-state index contributed by atoms with van der Waals surface area (Å²) in [5, 5.41) is 14.9. The smallest absolute Gasteiger partial charge is 0.266 e. The number of likely N-dealkylation sites (N-methyl/N-ethyl adjacent to an activating group) is 1. The van der Waals surface area contributed by atoms with Crippen LogP contribution in [0.25, 0.3) is 23.0 Å². The molecule has 8 nitrogen and oxygen atoms in total. The first-order valence-electron chi connectivity index (χ1n) is 11.0. The summed E-state index contributed by atoms with van der Waals surface area (Å²) >= 11 is 2.73. The zero-order chi connectivity index (χ0) is 24.4. The second-order valence-electron chi connectivity index (χ2n) is 7.60. The van der Waals surface area contributed by atoms with Crippen LogP contribution in [0.2, 0.25) is 0 Å². The number of para-hydroxylation sites is 1. The van der Waals surface area contributed by atoms with Gasteiger partial charge >= 0.3 is 0 Å². The fraction of sp³-hybridized carbons (Fsp3) is 0.160. The van der Waals surface area contributed by atoms with Gasteiger partial charge in [0.25, 0.3) is 5.91 Å². The van der Waals surface area contributed by atoms with Crippen molar-refractivity contribution in [1.29, 1.82) is 0 Å². The van der Waals surface area contributed by atoms with Crippen molar-refractivity contribution in [3.8, 4) is 22.7 Å². The number of aryl methyl sites for hydroxylation is 1. The molecule has 2 aromatic heterocycles. The van der Waals surface area contributed by atoms with E-state index in [2.05, 4.69) is 15.2 Å². The van der Waals surface area contributed by atoms with Crippen LogP contribution >= 0.6 is 23.1 Å². The third-order valence-electron chi connectivity index (χ3n) is 5.32. The Morgan fingerprint density at radius 3 is 2.51 bits per heavy atom. The molecule has 0 N–H and O–H groups in total. The Hall–Kier alpha value is -3.76. The van der Waals surface area contributed by atoms with E-state index in [0.717, 1.165) is 33.3 Å². The third-order valence-corrected chi connectivity index (χ3v) is 7.06. The number of amides is 1. The first-order chi connectivity index (χ1) is 17.1. The maximum atomic E-state index is 13.2. The summed E-state index contributed by atoms with van der Waals surface area (Å²) in [5.41, 5.74) is 3.46. The predicted octanol–water partition coefficient (Wildman–Crippen LogP) is 5.33. The second kappa shape index (κ2) is 9.85. The molecular weight excluding hydrogens is 480 g/mol. The van der Waals surface area contributed by atoms with E-state index in [0.29, 0.717) is 21.7 Å². The number of thioether (sulfide) groups is 1. The van der Waals surface area contributed by atoms with E-state index in [-0.39, 0.29) is 5.91 Å². The van der Waals surface area contributed by atoms with Crippen LogP contribution in [0.3, 0.4) is 0 Å². The molecule has 2 aromatic carbocycles. The lowest BCUT2D eigenvalue weighted by molar-refractivity contribution is -0.122. The minimum atomic E-state index is -0.0920. The number of benzene rings is 2. The minimum absolute atomic E-state index is 0.0920. The van der Waals surface area contributed by atoms with E-state index in [1.165, 1.54) is 23.1 Å². The first kappa shape index (κ1) is 23.0. The Kier molecular flexibility index (Phi) is 6.47. The summed E-state index contributed by atoms with van der Waals surface area (Å²) in [6.07, 6.45) is 3.82. The molecule has 1 fully saturated rings. The molecular formula is C25H22N6O2S2. The van der Waals surface area contributed by atoms with Crippen LogP contribution in [0.15, 0.2) is 70.7 Å². The van der Waals surface area contributed by atoms with E-state index >= 15 is 0 Å². The highest BCUT2D eigenvalue weighted by Gasteiger charge is 2.33. The summed E-state index contributed by atoms with van der Waals surface area (Å²) in [7, 11) is 1.64.